The molecule has 0 saturated heterocycles. The van der Waals surface area contributed by atoms with Gasteiger partial charge in [0.2, 0.25) is 0 Å². The van der Waals surface area contributed by atoms with Gasteiger partial charge in [-0.2, -0.15) is 0 Å². The Balaban J connectivity index is 3.98. The Morgan fingerprint density at radius 1 is 1.43 bits per heavy atom. The summed E-state index contributed by atoms with van der Waals surface area (Å²) in [6, 6.07) is -0.526. The molecular weight excluding hydrogens is 178 g/mol. The van der Waals surface area contributed by atoms with E-state index < -0.39 is 6.04 Å². The number of ether oxygens (including phenoxy) is 1. The molecule has 0 bridgehead atoms. The molecule has 0 heterocycles. The third-order valence-electron chi connectivity index (χ3n) is 2.49. The summed E-state index contributed by atoms with van der Waals surface area (Å²) in [4.78, 5) is 11.2. The minimum absolute atomic E-state index is 0.0524. The average Bonchev–Trinajstić information content (AvgIpc) is 2.02. The fourth-order valence-corrected chi connectivity index (χ4v) is 1.27. The van der Waals surface area contributed by atoms with Gasteiger partial charge in [0.15, 0.2) is 0 Å². The van der Waals surface area contributed by atoms with Crippen LogP contribution in [0.15, 0.2) is 0 Å². The summed E-state index contributed by atoms with van der Waals surface area (Å²) in [6.45, 7) is 10.0. The summed E-state index contributed by atoms with van der Waals surface area (Å²) in [5.41, 5.74) is 5.63. The highest BCUT2D eigenvalue weighted by Gasteiger charge is 2.22. The fourth-order valence-electron chi connectivity index (χ4n) is 1.27. The number of nitrogens with two attached hydrogens (primary N) is 1. The van der Waals surface area contributed by atoms with Crippen LogP contribution in [0.2, 0.25) is 0 Å². The van der Waals surface area contributed by atoms with Crippen LogP contribution in [0.3, 0.4) is 0 Å². The van der Waals surface area contributed by atoms with Crippen LogP contribution in [0, 0.1) is 5.41 Å². The minimum atomic E-state index is -0.526. The monoisotopic (exact) mass is 201 g/mol. The third-order valence-corrected chi connectivity index (χ3v) is 2.49. The molecule has 0 saturated carbocycles. The molecule has 0 aromatic rings. The van der Waals surface area contributed by atoms with Crippen molar-refractivity contribution >= 4 is 5.97 Å². The van der Waals surface area contributed by atoms with Crippen LogP contribution in [0.25, 0.3) is 0 Å². The first-order valence-electron chi connectivity index (χ1n) is 5.24. The highest BCUT2D eigenvalue weighted by Crippen LogP contribution is 2.27. The smallest absolute Gasteiger partial charge is 0.322 e. The molecule has 3 heteroatoms. The molecule has 84 valence electrons. The van der Waals surface area contributed by atoms with Crippen LogP contribution in [-0.4, -0.2) is 18.1 Å². The second-order valence-electron chi connectivity index (χ2n) is 4.76. The topological polar surface area (TPSA) is 52.3 Å². The molecule has 0 aliphatic heterocycles. The first kappa shape index (κ1) is 13.4. The molecule has 2 atom stereocenters. The zero-order valence-electron chi connectivity index (χ0n) is 9.96. The van der Waals surface area contributed by atoms with Gasteiger partial charge in [-0.25, -0.2) is 0 Å². The predicted octanol–water partition coefficient (Wildman–Crippen LogP) is 2.09. The number of rotatable bonds is 5. The first-order chi connectivity index (χ1) is 6.28. The Bertz CT molecular complexity index is 188. The molecule has 0 spiro atoms. The van der Waals surface area contributed by atoms with E-state index in [4.69, 9.17) is 10.5 Å². The van der Waals surface area contributed by atoms with Crippen LogP contribution >= 0.6 is 0 Å². The van der Waals surface area contributed by atoms with Crippen molar-refractivity contribution in [3.8, 4) is 0 Å². The lowest BCUT2D eigenvalue weighted by atomic mass is 9.84. The van der Waals surface area contributed by atoms with Gasteiger partial charge in [-0.3, -0.25) is 4.79 Å². The van der Waals surface area contributed by atoms with Crippen LogP contribution in [0.5, 0.6) is 0 Å². The van der Waals surface area contributed by atoms with Crippen LogP contribution in [-0.2, 0) is 9.53 Å². The van der Waals surface area contributed by atoms with Gasteiger partial charge in [-0.15, -0.1) is 0 Å². The number of hydrogen-bond acceptors (Lipinski definition) is 3. The summed E-state index contributed by atoms with van der Waals surface area (Å²) in [6.07, 6.45) is 1.90. The molecule has 0 fully saturated rings. The summed E-state index contributed by atoms with van der Waals surface area (Å²) in [5, 5.41) is 0. The van der Waals surface area contributed by atoms with Gasteiger partial charge < -0.3 is 10.5 Å². The molecule has 3 nitrogen and oxygen atoms in total. The largest absolute Gasteiger partial charge is 0.462 e. The van der Waals surface area contributed by atoms with E-state index >= 15 is 0 Å². The van der Waals surface area contributed by atoms with E-state index in [0.29, 0.717) is 0 Å². The lowest BCUT2D eigenvalue weighted by Crippen LogP contribution is -2.32. The predicted molar refractivity (Wildman–Crippen MR) is 57.9 cm³/mol. The second-order valence-corrected chi connectivity index (χ2v) is 4.76. The van der Waals surface area contributed by atoms with Crippen molar-refractivity contribution in [3.63, 3.8) is 0 Å². The van der Waals surface area contributed by atoms with E-state index in [1.165, 1.54) is 0 Å². The third kappa shape index (κ3) is 5.22. The lowest BCUT2D eigenvalue weighted by Gasteiger charge is -2.26. The van der Waals surface area contributed by atoms with E-state index in [9.17, 15) is 4.79 Å². The Kier molecular flexibility index (Phi) is 5.13. The SMILES string of the molecule is CCC(C)(C)C[C@H](C)OC(=O)[C@H](C)N. The van der Waals surface area contributed by atoms with Crippen molar-refractivity contribution in [1.29, 1.82) is 0 Å². The van der Waals surface area contributed by atoms with Gasteiger partial charge >= 0.3 is 5.97 Å². The van der Waals surface area contributed by atoms with Crippen molar-refractivity contribution < 1.29 is 9.53 Å². The molecular formula is C11H23NO2. The second kappa shape index (κ2) is 5.35. The quantitative estimate of drug-likeness (QED) is 0.693. The van der Waals surface area contributed by atoms with Crippen LogP contribution < -0.4 is 5.73 Å². The summed E-state index contributed by atoms with van der Waals surface area (Å²) in [7, 11) is 0. The van der Waals surface area contributed by atoms with Crippen molar-refractivity contribution in [2.45, 2.75) is 59.6 Å². The highest BCUT2D eigenvalue weighted by molar-refractivity contribution is 5.75. The van der Waals surface area contributed by atoms with E-state index in [1.807, 2.05) is 6.92 Å². The number of hydrogen-bond donors (Lipinski definition) is 1. The standard InChI is InChI=1S/C11H23NO2/c1-6-11(4,5)7-8(2)14-10(13)9(3)12/h8-9H,6-7,12H2,1-5H3/t8-,9-/m0/s1. The van der Waals surface area contributed by atoms with E-state index in [2.05, 4.69) is 20.8 Å². The van der Waals surface area contributed by atoms with Gasteiger partial charge in [0.25, 0.3) is 0 Å². The summed E-state index contributed by atoms with van der Waals surface area (Å²) >= 11 is 0. The van der Waals surface area contributed by atoms with Crippen LogP contribution in [0.1, 0.15) is 47.5 Å². The maximum Gasteiger partial charge on any atom is 0.322 e. The Morgan fingerprint density at radius 3 is 2.29 bits per heavy atom. The Hall–Kier alpha value is -0.570. The van der Waals surface area contributed by atoms with Crippen molar-refractivity contribution in [1.82, 2.24) is 0 Å². The number of esters is 1. The van der Waals surface area contributed by atoms with Gasteiger partial charge in [0.05, 0.1) is 6.10 Å². The van der Waals surface area contributed by atoms with E-state index in [0.717, 1.165) is 12.8 Å². The van der Waals surface area contributed by atoms with Crippen molar-refractivity contribution in [2.75, 3.05) is 0 Å². The maximum atomic E-state index is 11.2. The van der Waals surface area contributed by atoms with Crippen molar-refractivity contribution in [2.24, 2.45) is 11.1 Å². The van der Waals surface area contributed by atoms with Crippen molar-refractivity contribution in [3.05, 3.63) is 0 Å². The zero-order valence-corrected chi connectivity index (χ0v) is 9.96. The molecule has 0 aliphatic rings. The maximum absolute atomic E-state index is 11.2. The number of carbonyl (C=O) groups excluding carboxylic acids is 1. The normalized spacial score (nSPS) is 16.1. The van der Waals surface area contributed by atoms with E-state index in [-0.39, 0.29) is 17.5 Å². The summed E-state index contributed by atoms with van der Waals surface area (Å²) < 4.78 is 5.19. The molecule has 0 radical (unpaired) electrons. The number of carbonyl (C=O) groups is 1. The summed E-state index contributed by atoms with van der Waals surface area (Å²) in [5.74, 6) is -0.315. The lowest BCUT2D eigenvalue weighted by molar-refractivity contribution is -0.150. The molecule has 0 rings (SSSR count). The van der Waals surface area contributed by atoms with E-state index in [1.54, 1.807) is 6.92 Å². The van der Waals surface area contributed by atoms with Crippen LogP contribution in [0.4, 0.5) is 0 Å². The van der Waals surface area contributed by atoms with Gasteiger partial charge in [-0.1, -0.05) is 27.2 Å². The molecule has 0 unspecified atom stereocenters. The molecule has 14 heavy (non-hydrogen) atoms. The van der Waals surface area contributed by atoms with Gasteiger partial charge in [0.1, 0.15) is 6.04 Å². The first-order valence-corrected chi connectivity index (χ1v) is 5.24. The average molecular weight is 201 g/mol. The molecule has 0 amide bonds. The van der Waals surface area contributed by atoms with Gasteiger partial charge in [-0.05, 0) is 25.7 Å². The highest BCUT2D eigenvalue weighted by atomic mass is 16.5. The Morgan fingerprint density at radius 2 is 1.93 bits per heavy atom. The minimum Gasteiger partial charge on any atom is -0.462 e. The molecule has 2 N–H and O–H groups in total. The molecule has 0 aromatic heterocycles. The molecule has 0 aliphatic carbocycles. The molecule has 0 aromatic carbocycles. The Labute approximate surface area is 87.0 Å². The van der Waals surface area contributed by atoms with Gasteiger partial charge in [0, 0.05) is 0 Å². The fraction of sp³-hybridized carbons (Fsp3) is 0.909. The zero-order chi connectivity index (χ0) is 11.4.